The summed E-state index contributed by atoms with van der Waals surface area (Å²) in [5.74, 6) is -1.53. The molecule has 2 aromatic carbocycles. The molecule has 0 heterocycles. The van der Waals surface area contributed by atoms with E-state index in [1.807, 2.05) is 25.1 Å². The Morgan fingerprint density at radius 1 is 1.15 bits per heavy atom. The van der Waals surface area contributed by atoms with Crippen molar-refractivity contribution in [1.29, 1.82) is 5.26 Å². The highest BCUT2D eigenvalue weighted by atomic mass is 32.2. The number of carbonyl (C=O) groups is 1. The van der Waals surface area contributed by atoms with Gasteiger partial charge in [-0.05, 0) is 31.5 Å². The number of sulfone groups is 1. The van der Waals surface area contributed by atoms with Gasteiger partial charge in [-0.25, -0.2) is 8.42 Å². The van der Waals surface area contributed by atoms with E-state index in [0.717, 1.165) is 5.56 Å². The molecule has 0 aliphatic heterocycles. The summed E-state index contributed by atoms with van der Waals surface area (Å²) in [7, 11) is -3.88. The molecule has 134 valence electrons. The van der Waals surface area contributed by atoms with Crippen LogP contribution in [0.4, 0.5) is 0 Å². The number of nitriles is 1. The first-order valence-corrected chi connectivity index (χ1v) is 9.88. The summed E-state index contributed by atoms with van der Waals surface area (Å²) in [6, 6.07) is 17.1. The fraction of sp³-hybridized carbons (Fsp3) is 0.300. The Kier molecular flexibility index (Phi) is 4.59. The summed E-state index contributed by atoms with van der Waals surface area (Å²) < 4.78 is 31.4. The highest BCUT2D eigenvalue weighted by molar-refractivity contribution is 7.92. The lowest BCUT2D eigenvalue weighted by Gasteiger charge is -2.09. The maximum absolute atomic E-state index is 13.2. The van der Waals surface area contributed by atoms with Crippen LogP contribution in [-0.2, 0) is 19.4 Å². The quantitative estimate of drug-likeness (QED) is 0.757. The Labute approximate surface area is 153 Å². The molecule has 3 unspecified atom stereocenters. The molecule has 0 N–H and O–H groups in total. The SMILES string of the molecule is CCOC(=O)C1(C#N)C(c2ccc(C)cc2)C1S(=O)(=O)c1ccccc1. The van der Waals surface area contributed by atoms with Crippen molar-refractivity contribution < 1.29 is 17.9 Å². The molecule has 1 saturated carbocycles. The van der Waals surface area contributed by atoms with Gasteiger partial charge in [-0.2, -0.15) is 5.26 Å². The van der Waals surface area contributed by atoms with Gasteiger partial charge in [0.2, 0.25) is 0 Å². The molecular formula is C20H19NO4S. The van der Waals surface area contributed by atoms with Crippen LogP contribution < -0.4 is 0 Å². The Hall–Kier alpha value is -2.65. The second-order valence-electron chi connectivity index (χ2n) is 6.37. The zero-order chi connectivity index (χ0) is 18.9. The van der Waals surface area contributed by atoms with E-state index in [4.69, 9.17) is 4.74 Å². The molecule has 0 spiro atoms. The number of benzene rings is 2. The fourth-order valence-electron chi connectivity index (χ4n) is 3.42. The zero-order valence-corrected chi connectivity index (χ0v) is 15.4. The van der Waals surface area contributed by atoms with Gasteiger partial charge >= 0.3 is 5.97 Å². The fourth-order valence-corrected chi connectivity index (χ4v) is 5.69. The van der Waals surface area contributed by atoms with Crippen molar-refractivity contribution >= 4 is 15.8 Å². The second kappa shape index (κ2) is 6.58. The average Bonchev–Trinajstić information content (AvgIpc) is 3.35. The Morgan fingerprint density at radius 2 is 1.77 bits per heavy atom. The maximum Gasteiger partial charge on any atom is 0.328 e. The summed E-state index contributed by atoms with van der Waals surface area (Å²) in [5.41, 5.74) is -0.0646. The smallest absolute Gasteiger partial charge is 0.328 e. The monoisotopic (exact) mass is 369 g/mol. The van der Waals surface area contributed by atoms with E-state index in [0.29, 0.717) is 5.56 Å². The molecule has 1 fully saturated rings. The highest BCUT2D eigenvalue weighted by Gasteiger charge is 2.77. The number of aryl methyl sites for hydroxylation is 1. The molecule has 3 atom stereocenters. The summed E-state index contributed by atoms with van der Waals surface area (Å²) in [5, 5.41) is 8.64. The molecule has 5 nitrogen and oxygen atoms in total. The lowest BCUT2D eigenvalue weighted by atomic mass is 10.00. The first kappa shape index (κ1) is 18.2. The van der Waals surface area contributed by atoms with Crippen molar-refractivity contribution in [2.45, 2.75) is 29.9 Å². The lowest BCUT2D eigenvalue weighted by Crippen LogP contribution is -2.25. The summed E-state index contributed by atoms with van der Waals surface area (Å²) in [4.78, 5) is 12.7. The molecule has 26 heavy (non-hydrogen) atoms. The van der Waals surface area contributed by atoms with Crippen molar-refractivity contribution in [2.24, 2.45) is 5.41 Å². The Morgan fingerprint density at radius 3 is 2.31 bits per heavy atom. The highest BCUT2D eigenvalue weighted by Crippen LogP contribution is 2.64. The van der Waals surface area contributed by atoms with Crippen molar-refractivity contribution in [2.75, 3.05) is 6.61 Å². The van der Waals surface area contributed by atoms with Crippen molar-refractivity contribution in [1.82, 2.24) is 0 Å². The normalized spacial score (nSPS) is 24.5. The number of esters is 1. The minimum Gasteiger partial charge on any atom is -0.465 e. The van der Waals surface area contributed by atoms with Crippen LogP contribution in [0.2, 0.25) is 0 Å². The van der Waals surface area contributed by atoms with Crippen LogP contribution in [0.1, 0.15) is 24.0 Å². The minimum atomic E-state index is -3.88. The topological polar surface area (TPSA) is 84.2 Å². The summed E-state index contributed by atoms with van der Waals surface area (Å²) >= 11 is 0. The molecule has 3 rings (SSSR count). The average molecular weight is 369 g/mol. The number of carbonyl (C=O) groups excluding carboxylic acids is 1. The molecule has 2 aromatic rings. The van der Waals surface area contributed by atoms with Gasteiger partial charge in [-0.15, -0.1) is 0 Å². The third-order valence-electron chi connectivity index (χ3n) is 4.77. The first-order valence-electron chi connectivity index (χ1n) is 8.33. The van der Waals surface area contributed by atoms with E-state index < -0.39 is 32.4 Å². The molecule has 0 aromatic heterocycles. The third kappa shape index (κ3) is 2.69. The van der Waals surface area contributed by atoms with Crippen LogP contribution in [0.25, 0.3) is 0 Å². The summed E-state index contributed by atoms with van der Waals surface area (Å²) in [6.45, 7) is 3.63. The molecular weight excluding hydrogens is 350 g/mol. The number of hydrogen-bond donors (Lipinski definition) is 0. The zero-order valence-electron chi connectivity index (χ0n) is 14.5. The van der Waals surface area contributed by atoms with Gasteiger partial charge in [0.05, 0.1) is 17.6 Å². The van der Waals surface area contributed by atoms with Crippen LogP contribution >= 0.6 is 0 Å². The van der Waals surface area contributed by atoms with Gasteiger partial charge in [-0.1, -0.05) is 48.0 Å². The van der Waals surface area contributed by atoms with E-state index in [1.165, 1.54) is 12.1 Å². The van der Waals surface area contributed by atoms with E-state index in [2.05, 4.69) is 0 Å². The molecule has 6 heteroatoms. The van der Waals surface area contributed by atoms with Crippen LogP contribution in [-0.4, -0.2) is 26.2 Å². The van der Waals surface area contributed by atoms with Gasteiger partial charge in [0.25, 0.3) is 0 Å². The molecule has 0 saturated heterocycles. The van der Waals surface area contributed by atoms with Crippen molar-refractivity contribution in [3.05, 3.63) is 65.7 Å². The van der Waals surface area contributed by atoms with Crippen LogP contribution in [0, 0.1) is 23.7 Å². The molecule has 0 bridgehead atoms. The predicted molar refractivity (Wildman–Crippen MR) is 96.0 cm³/mol. The number of ether oxygens (including phenoxy) is 1. The van der Waals surface area contributed by atoms with E-state index in [9.17, 15) is 18.5 Å². The number of hydrogen-bond acceptors (Lipinski definition) is 5. The molecule has 0 amide bonds. The second-order valence-corrected chi connectivity index (χ2v) is 8.44. The van der Waals surface area contributed by atoms with Gasteiger partial charge in [0.1, 0.15) is 5.25 Å². The van der Waals surface area contributed by atoms with E-state index in [1.54, 1.807) is 37.3 Å². The van der Waals surface area contributed by atoms with E-state index >= 15 is 0 Å². The Balaban J connectivity index is 2.13. The largest absolute Gasteiger partial charge is 0.465 e. The van der Waals surface area contributed by atoms with Crippen molar-refractivity contribution in [3.8, 4) is 6.07 Å². The van der Waals surface area contributed by atoms with Crippen LogP contribution in [0.5, 0.6) is 0 Å². The molecule has 0 radical (unpaired) electrons. The van der Waals surface area contributed by atoms with Crippen molar-refractivity contribution in [3.63, 3.8) is 0 Å². The molecule has 1 aliphatic rings. The maximum atomic E-state index is 13.2. The van der Waals surface area contributed by atoms with Gasteiger partial charge in [0.15, 0.2) is 15.3 Å². The van der Waals surface area contributed by atoms with Gasteiger partial charge in [-0.3, -0.25) is 4.79 Å². The minimum absolute atomic E-state index is 0.0843. The van der Waals surface area contributed by atoms with E-state index in [-0.39, 0.29) is 11.5 Å². The lowest BCUT2D eigenvalue weighted by molar-refractivity contribution is -0.147. The number of rotatable bonds is 5. The number of nitrogens with zero attached hydrogens (tertiary/aromatic N) is 1. The van der Waals surface area contributed by atoms with Crippen LogP contribution in [0.3, 0.4) is 0 Å². The molecule has 1 aliphatic carbocycles. The summed E-state index contributed by atoms with van der Waals surface area (Å²) in [6.07, 6.45) is 0. The van der Waals surface area contributed by atoms with Crippen LogP contribution in [0.15, 0.2) is 59.5 Å². The van der Waals surface area contributed by atoms with Gasteiger partial charge in [0, 0.05) is 5.92 Å². The standard InChI is InChI=1S/C20H19NO4S/c1-3-25-19(22)20(13-21)17(15-11-9-14(2)10-12-15)18(20)26(23,24)16-7-5-4-6-8-16/h4-12,17-18H,3H2,1-2H3. The first-order chi connectivity index (χ1) is 12.4. The predicted octanol–water partition coefficient (Wildman–Crippen LogP) is 3.01. The Bertz CT molecular complexity index is 961. The third-order valence-corrected chi connectivity index (χ3v) is 7.02. The van der Waals surface area contributed by atoms with Gasteiger partial charge < -0.3 is 4.74 Å².